The van der Waals surface area contributed by atoms with Crippen molar-refractivity contribution in [2.24, 2.45) is 5.92 Å². The summed E-state index contributed by atoms with van der Waals surface area (Å²) in [6.45, 7) is 2.68. The molecule has 3 aromatic heterocycles. The van der Waals surface area contributed by atoms with Crippen molar-refractivity contribution in [3.63, 3.8) is 0 Å². The molecule has 0 amide bonds. The van der Waals surface area contributed by atoms with Crippen molar-refractivity contribution in [1.29, 1.82) is 5.41 Å². The molecule has 1 saturated carbocycles. The van der Waals surface area contributed by atoms with Crippen LogP contribution in [0.1, 0.15) is 24.2 Å². The van der Waals surface area contributed by atoms with Crippen molar-refractivity contribution < 1.29 is 4.39 Å². The summed E-state index contributed by atoms with van der Waals surface area (Å²) in [5.41, 5.74) is 4.35. The van der Waals surface area contributed by atoms with E-state index in [0.29, 0.717) is 17.3 Å². The van der Waals surface area contributed by atoms with Crippen molar-refractivity contribution in [3.8, 4) is 11.4 Å². The van der Waals surface area contributed by atoms with Gasteiger partial charge in [-0.1, -0.05) is 0 Å². The van der Waals surface area contributed by atoms with Crippen molar-refractivity contribution >= 4 is 23.3 Å². The van der Waals surface area contributed by atoms with Gasteiger partial charge in [0.15, 0.2) is 5.82 Å². The third-order valence-electron chi connectivity index (χ3n) is 4.65. The van der Waals surface area contributed by atoms with Crippen LogP contribution in [0.25, 0.3) is 11.4 Å². The van der Waals surface area contributed by atoms with Crippen LogP contribution < -0.4 is 10.6 Å². The molecule has 1 fully saturated rings. The zero-order chi connectivity index (χ0) is 19.5. The first-order chi connectivity index (χ1) is 13.6. The van der Waals surface area contributed by atoms with Crippen LogP contribution >= 0.6 is 0 Å². The third-order valence-corrected chi connectivity index (χ3v) is 4.65. The molecule has 3 N–H and O–H groups in total. The fraction of sp³-hybridized carbons (Fsp3) is 0.238. The lowest BCUT2D eigenvalue weighted by molar-refractivity contribution is 0.624. The Morgan fingerprint density at radius 3 is 2.79 bits per heavy atom. The van der Waals surface area contributed by atoms with Crippen LogP contribution in [0.5, 0.6) is 0 Å². The minimum atomic E-state index is -0.406. The maximum atomic E-state index is 14.2. The predicted octanol–water partition coefficient (Wildman–Crippen LogP) is 4.55. The standard InChI is InChI=1S/C21H21FN6/c1-13-2-5-16(22)20(27-13)18-10-15(6-8-24-18)28-17-7-9-25-19(11-23)21(17)26-12-14-3-4-14/h2,5-11,14,23,26H,3-4,12H2,1H3,(H,24,25,28). The molecule has 0 spiro atoms. The summed E-state index contributed by atoms with van der Waals surface area (Å²) in [5.74, 6) is 0.284. The smallest absolute Gasteiger partial charge is 0.151 e. The van der Waals surface area contributed by atoms with Crippen molar-refractivity contribution in [3.05, 3.63) is 59.9 Å². The van der Waals surface area contributed by atoms with Crippen LogP contribution in [0.2, 0.25) is 0 Å². The number of nitrogens with zero attached hydrogens (tertiary/aromatic N) is 3. The van der Waals surface area contributed by atoms with E-state index in [4.69, 9.17) is 5.41 Å². The molecule has 0 radical (unpaired) electrons. The van der Waals surface area contributed by atoms with Crippen molar-refractivity contribution in [2.45, 2.75) is 19.8 Å². The van der Waals surface area contributed by atoms with Gasteiger partial charge in [-0.2, -0.15) is 0 Å². The zero-order valence-electron chi connectivity index (χ0n) is 15.5. The number of aryl methyl sites for hydroxylation is 1. The first kappa shape index (κ1) is 18.0. The Morgan fingerprint density at radius 2 is 2.00 bits per heavy atom. The second-order valence-electron chi connectivity index (χ2n) is 6.93. The largest absolute Gasteiger partial charge is 0.381 e. The van der Waals surface area contributed by atoms with E-state index in [9.17, 15) is 4.39 Å². The second-order valence-corrected chi connectivity index (χ2v) is 6.93. The molecule has 0 atom stereocenters. The molecule has 7 heteroatoms. The van der Waals surface area contributed by atoms with Crippen LogP contribution in [0.4, 0.5) is 21.5 Å². The lowest BCUT2D eigenvalue weighted by Gasteiger charge is -2.16. The van der Waals surface area contributed by atoms with E-state index < -0.39 is 5.82 Å². The highest BCUT2D eigenvalue weighted by atomic mass is 19.1. The molecule has 0 bridgehead atoms. The van der Waals surface area contributed by atoms with Crippen LogP contribution in [-0.2, 0) is 0 Å². The number of pyridine rings is 3. The minimum Gasteiger partial charge on any atom is -0.381 e. The molecule has 1 aliphatic rings. The highest BCUT2D eigenvalue weighted by Gasteiger charge is 2.22. The zero-order valence-corrected chi connectivity index (χ0v) is 15.5. The fourth-order valence-electron chi connectivity index (χ4n) is 2.96. The van der Waals surface area contributed by atoms with Crippen LogP contribution in [-0.4, -0.2) is 27.7 Å². The van der Waals surface area contributed by atoms with Gasteiger partial charge in [-0.25, -0.2) is 9.37 Å². The van der Waals surface area contributed by atoms with Gasteiger partial charge in [0.2, 0.25) is 0 Å². The average Bonchev–Trinajstić information content (AvgIpc) is 3.53. The Labute approximate surface area is 162 Å². The highest BCUT2D eigenvalue weighted by molar-refractivity contribution is 5.90. The quantitative estimate of drug-likeness (QED) is 0.527. The van der Waals surface area contributed by atoms with Crippen LogP contribution in [0, 0.1) is 24.1 Å². The summed E-state index contributed by atoms with van der Waals surface area (Å²) >= 11 is 0. The van der Waals surface area contributed by atoms with Crippen molar-refractivity contribution in [1.82, 2.24) is 15.0 Å². The van der Waals surface area contributed by atoms with Gasteiger partial charge in [-0.3, -0.25) is 9.97 Å². The Bertz CT molecular complexity index is 1020. The van der Waals surface area contributed by atoms with E-state index in [1.54, 1.807) is 24.5 Å². The molecule has 1 aliphatic carbocycles. The summed E-state index contributed by atoms with van der Waals surface area (Å²) in [7, 11) is 0. The van der Waals surface area contributed by atoms with Gasteiger partial charge in [-0.05, 0) is 56.0 Å². The molecule has 28 heavy (non-hydrogen) atoms. The molecule has 0 saturated heterocycles. The lowest BCUT2D eigenvalue weighted by Crippen LogP contribution is -2.09. The number of halogens is 1. The summed E-state index contributed by atoms with van der Waals surface area (Å²) < 4.78 is 14.2. The van der Waals surface area contributed by atoms with Crippen LogP contribution in [0.3, 0.4) is 0 Å². The number of rotatable bonds is 7. The Hall–Kier alpha value is -3.35. The van der Waals surface area contributed by atoms with E-state index in [-0.39, 0.29) is 5.69 Å². The molecule has 0 aliphatic heterocycles. The van der Waals surface area contributed by atoms with E-state index in [1.165, 1.54) is 25.1 Å². The van der Waals surface area contributed by atoms with Gasteiger partial charge in [0.05, 0.1) is 17.1 Å². The summed E-state index contributed by atoms with van der Waals surface area (Å²) in [6, 6.07) is 8.47. The molecule has 3 aromatic rings. The van der Waals surface area contributed by atoms with Crippen LogP contribution in [0.15, 0.2) is 42.7 Å². The molecule has 142 valence electrons. The first-order valence-corrected chi connectivity index (χ1v) is 9.24. The first-order valence-electron chi connectivity index (χ1n) is 9.24. The summed E-state index contributed by atoms with van der Waals surface area (Å²) in [6.07, 6.45) is 6.99. The van der Waals surface area contributed by atoms with Crippen molar-refractivity contribution in [2.75, 3.05) is 17.2 Å². The predicted molar refractivity (Wildman–Crippen MR) is 109 cm³/mol. The molecular formula is C21H21FN6. The molecular weight excluding hydrogens is 355 g/mol. The van der Waals surface area contributed by atoms with Gasteiger partial charge in [0.25, 0.3) is 0 Å². The Morgan fingerprint density at radius 1 is 1.18 bits per heavy atom. The minimum absolute atomic E-state index is 0.227. The van der Waals surface area contributed by atoms with E-state index >= 15 is 0 Å². The number of aromatic nitrogens is 3. The lowest BCUT2D eigenvalue weighted by atomic mass is 10.2. The van der Waals surface area contributed by atoms with E-state index in [2.05, 4.69) is 25.6 Å². The SMILES string of the molecule is Cc1ccc(F)c(-c2cc(Nc3ccnc(C=N)c3NCC3CC3)ccn2)n1. The monoisotopic (exact) mass is 376 g/mol. The molecule has 6 nitrogen and oxygen atoms in total. The second kappa shape index (κ2) is 7.72. The highest BCUT2D eigenvalue weighted by Crippen LogP contribution is 2.32. The van der Waals surface area contributed by atoms with Gasteiger partial charge in [0, 0.05) is 36.5 Å². The topological polar surface area (TPSA) is 86.6 Å². The number of hydrogen-bond donors (Lipinski definition) is 3. The van der Waals surface area contributed by atoms with E-state index in [0.717, 1.165) is 29.3 Å². The Balaban J connectivity index is 1.64. The van der Waals surface area contributed by atoms with E-state index in [1.807, 2.05) is 19.1 Å². The number of nitrogens with one attached hydrogen (secondary N) is 3. The average molecular weight is 376 g/mol. The third kappa shape index (κ3) is 3.98. The summed E-state index contributed by atoms with van der Waals surface area (Å²) in [4.78, 5) is 12.8. The normalized spacial score (nSPS) is 13.2. The molecule has 0 unspecified atom stereocenters. The number of anilines is 3. The van der Waals surface area contributed by atoms with Gasteiger partial charge >= 0.3 is 0 Å². The van der Waals surface area contributed by atoms with Gasteiger partial charge in [0.1, 0.15) is 11.4 Å². The van der Waals surface area contributed by atoms with Gasteiger partial charge in [-0.15, -0.1) is 0 Å². The maximum absolute atomic E-state index is 14.2. The summed E-state index contributed by atoms with van der Waals surface area (Å²) in [5, 5.41) is 14.4. The molecule has 4 rings (SSSR count). The number of hydrogen-bond acceptors (Lipinski definition) is 6. The molecule has 0 aromatic carbocycles. The Kier molecular flexibility index (Phi) is 4.97. The fourth-order valence-corrected chi connectivity index (χ4v) is 2.96. The maximum Gasteiger partial charge on any atom is 0.151 e. The van der Waals surface area contributed by atoms with Gasteiger partial charge < -0.3 is 16.0 Å². The molecule has 3 heterocycles.